The van der Waals surface area contributed by atoms with E-state index in [9.17, 15) is 4.79 Å². The number of hydrogen-bond donors (Lipinski definition) is 2. The number of carbonyl (C=O) groups excluding carboxylic acids is 1. The zero-order valence-electron chi connectivity index (χ0n) is 14.1. The summed E-state index contributed by atoms with van der Waals surface area (Å²) in [5, 5.41) is 6.91. The molecule has 2 aromatic carbocycles. The van der Waals surface area contributed by atoms with Crippen LogP contribution in [0.15, 0.2) is 60.8 Å². The predicted octanol–water partition coefficient (Wildman–Crippen LogP) is 4.79. The normalized spacial score (nSPS) is 10.2. The lowest BCUT2D eigenvalue weighted by Crippen LogP contribution is -2.04. The first-order valence-corrected chi connectivity index (χ1v) is 8.41. The quantitative estimate of drug-likeness (QED) is 0.609. The van der Waals surface area contributed by atoms with Crippen LogP contribution in [-0.2, 0) is 4.74 Å². The van der Waals surface area contributed by atoms with Crippen molar-refractivity contribution in [3.8, 4) is 0 Å². The van der Waals surface area contributed by atoms with E-state index in [-0.39, 0.29) is 5.97 Å². The van der Waals surface area contributed by atoms with Crippen molar-refractivity contribution >= 4 is 40.7 Å². The Kier molecular flexibility index (Phi) is 5.66. The number of aromatic nitrogens is 2. The molecule has 3 aromatic rings. The highest BCUT2D eigenvalue weighted by atomic mass is 35.5. The van der Waals surface area contributed by atoms with Gasteiger partial charge in [-0.05, 0) is 55.5 Å². The van der Waals surface area contributed by atoms with Crippen molar-refractivity contribution in [2.75, 3.05) is 17.2 Å². The number of carbonyl (C=O) groups is 1. The number of anilines is 4. The van der Waals surface area contributed by atoms with E-state index in [1.54, 1.807) is 49.5 Å². The Bertz CT molecular complexity index is 900. The number of hydrogen-bond acceptors (Lipinski definition) is 6. The predicted molar refractivity (Wildman–Crippen MR) is 102 cm³/mol. The van der Waals surface area contributed by atoms with Gasteiger partial charge in [-0.3, -0.25) is 0 Å². The molecule has 0 bridgehead atoms. The monoisotopic (exact) mass is 368 g/mol. The summed E-state index contributed by atoms with van der Waals surface area (Å²) < 4.78 is 4.97. The van der Waals surface area contributed by atoms with Crippen LogP contribution >= 0.6 is 11.6 Å². The van der Waals surface area contributed by atoms with Gasteiger partial charge in [0, 0.05) is 22.6 Å². The fourth-order valence-electron chi connectivity index (χ4n) is 2.24. The van der Waals surface area contributed by atoms with Gasteiger partial charge in [0.15, 0.2) is 0 Å². The minimum atomic E-state index is -0.344. The molecule has 0 atom stereocenters. The van der Waals surface area contributed by atoms with Crippen LogP contribution in [0, 0.1) is 0 Å². The van der Waals surface area contributed by atoms with E-state index in [0.29, 0.717) is 29.0 Å². The van der Waals surface area contributed by atoms with Gasteiger partial charge in [-0.2, -0.15) is 4.98 Å². The van der Waals surface area contributed by atoms with Gasteiger partial charge in [-0.15, -0.1) is 0 Å². The Hall–Kier alpha value is -3.12. The fourth-order valence-corrected chi connectivity index (χ4v) is 2.43. The molecule has 2 N–H and O–H groups in total. The minimum Gasteiger partial charge on any atom is -0.462 e. The lowest BCUT2D eigenvalue weighted by atomic mass is 10.2. The van der Waals surface area contributed by atoms with Gasteiger partial charge in [0.05, 0.1) is 12.2 Å². The highest BCUT2D eigenvalue weighted by Gasteiger charge is 2.06. The number of esters is 1. The van der Waals surface area contributed by atoms with E-state index in [4.69, 9.17) is 16.3 Å². The SMILES string of the molecule is CCOC(=O)c1ccc(Nc2nccc(Nc3cccc(Cl)c3)n2)cc1. The summed E-state index contributed by atoms with van der Waals surface area (Å²) in [4.78, 5) is 20.3. The van der Waals surface area contributed by atoms with Crippen molar-refractivity contribution in [1.82, 2.24) is 9.97 Å². The molecule has 1 heterocycles. The van der Waals surface area contributed by atoms with Crippen LogP contribution in [0.5, 0.6) is 0 Å². The van der Waals surface area contributed by atoms with Gasteiger partial charge in [-0.25, -0.2) is 9.78 Å². The third kappa shape index (κ3) is 4.70. The Labute approximate surface area is 156 Å². The number of rotatable bonds is 6. The molecular weight excluding hydrogens is 352 g/mol. The van der Waals surface area contributed by atoms with Gasteiger partial charge in [0.25, 0.3) is 0 Å². The van der Waals surface area contributed by atoms with Crippen LogP contribution in [0.3, 0.4) is 0 Å². The molecule has 0 saturated carbocycles. The first kappa shape index (κ1) is 17.7. The Morgan fingerprint density at radius 3 is 2.62 bits per heavy atom. The zero-order valence-corrected chi connectivity index (χ0v) is 14.8. The van der Waals surface area contributed by atoms with Crippen LogP contribution in [0.1, 0.15) is 17.3 Å². The zero-order chi connectivity index (χ0) is 18.4. The maximum Gasteiger partial charge on any atom is 0.338 e. The molecule has 0 spiro atoms. The lowest BCUT2D eigenvalue weighted by molar-refractivity contribution is 0.0526. The molecule has 0 aliphatic rings. The highest BCUT2D eigenvalue weighted by Crippen LogP contribution is 2.20. The Morgan fingerprint density at radius 2 is 1.88 bits per heavy atom. The summed E-state index contributed by atoms with van der Waals surface area (Å²) in [5.41, 5.74) is 2.09. The van der Waals surface area contributed by atoms with Gasteiger partial charge in [-0.1, -0.05) is 17.7 Å². The minimum absolute atomic E-state index is 0.344. The second kappa shape index (κ2) is 8.31. The molecule has 0 aliphatic carbocycles. The third-order valence-corrected chi connectivity index (χ3v) is 3.64. The largest absolute Gasteiger partial charge is 0.462 e. The van der Waals surface area contributed by atoms with E-state index in [1.165, 1.54) is 0 Å². The van der Waals surface area contributed by atoms with E-state index in [0.717, 1.165) is 11.4 Å². The van der Waals surface area contributed by atoms with Gasteiger partial charge < -0.3 is 15.4 Å². The molecule has 7 heteroatoms. The van der Waals surface area contributed by atoms with Crippen LogP contribution in [0.4, 0.5) is 23.1 Å². The average Bonchev–Trinajstić information content (AvgIpc) is 2.63. The molecular formula is C19H17ClN4O2. The van der Waals surface area contributed by atoms with E-state index >= 15 is 0 Å². The smallest absolute Gasteiger partial charge is 0.338 e. The van der Waals surface area contributed by atoms with Crippen molar-refractivity contribution in [3.63, 3.8) is 0 Å². The van der Waals surface area contributed by atoms with Gasteiger partial charge >= 0.3 is 5.97 Å². The second-order valence-electron chi connectivity index (χ2n) is 5.32. The highest BCUT2D eigenvalue weighted by molar-refractivity contribution is 6.30. The molecule has 3 rings (SSSR count). The molecule has 6 nitrogen and oxygen atoms in total. The van der Waals surface area contributed by atoms with Crippen molar-refractivity contribution in [2.45, 2.75) is 6.92 Å². The number of benzene rings is 2. The molecule has 26 heavy (non-hydrogen) atoms. The topological polar surface area (TPSA) is 76.1 Å². The maximum absolute atomic E-state index is 11.7. The molecule has 0 radical (unpaired) electrons. The standard InChI is InChI=1S/C19H17ClN4O2/c1-2-26-18(25)13-6-8-15(9-7-13)23-19-21-11-10-17(24-19)22-16-5-3-4-14(20)12-16/h3-12H,2H2,1H3,(H2,21,22,23,24). The molecule has 1 aromatic heterocycles. The van der Waals surface area contributed by atoms with Crippen molar-refractivity contribution in [2.24, 2.45) is 0 Å². The molecule has 132 valence electrons. The summed E-state index contributed by atoms with van der Waals surface area (Å²) in [6.45, 7) is 2.12. The number of nitrogens with zero attached hydrogens (tertiary/aromatic N) is 2. The third-order valence-electron chi connectivity index (χ3n) is 3.40. The van der Waals surface area contributed by atoms with E-state index in [1.807, 2.05) is 18.2 Å². The molecule has 0 saturated heterocycles. The summed E-state index contributed by atoms with van der Waals surface area (Å²) in [6, 6.07) is 16.0. The fraction of sp³-hybridized carbons (Fsp3) is 0.105. The summed E-state index contributed by atoms with van der Waals surface area (Å²) in [7, 11) is 0. The molecule has 0 amide bonds. The first-order valence-electron chi connectivity index (χ1n) is 8.04. The number of ether oxygens (including phenoxy) is 1. The summed E-state index contributed by atoms with van der Waals surface area (Å²) in [6.07, 6.45) is 1.65. The molecule has 0 fully saturated rings. The molecule has 0 unspecified atom stereocenters. The van der Waals surface area contributed by atoms with E-state index < -0.39 is 0 Å². The Morgan fingerprint density at radius 1 is 1.08 bits per heavy atom. The molecule has 0 aliphatic heterocycles. The number of halogens is 1. The van der Waals surface area contributed by atoms with Crippen LogP contribution in [0.2, 0.25) is 5.02 Å². The van der Waals surface area contributed by atoms with Crippen LogP contribution in [0.25, 0.3) is 0 Å². The second-order valence-corrected chi connectivity index (χ2v) is 5.76. The van der Waals surface area contributed by atoms with Crippen LogP contribution in [-0.4, -0.2) is 22.5 Å². The van der Waals surface area contributed by atoms with E-state index in [2.05, 4.69) is 20.6 Å². The van der Waals surface area contributed by atoms with Crippen LogP contribution < -0.4 is 10.6 Å². The van der Waals surface area contributed by atoms with Gasteiger partial charge in [0.2, 0.25) is 5.95 Å². The summed E-state index contributed by atoms with van der Waals surface area (Å²) >= 11 is 5.99. The maximum atomic E-state index is 11.7. The summed E-state index contributed by atoms with van der Waals surface area (Å²) in [5.74, 6) is 0.719. The lowest BCUT2D eigenvalue weighted by Gasteiger charge is -2.09. The number of nitrogens with one attached hydrogen (secondary N) is 2. The van der Waals surface area contributed by atoms with Crippen molar-refractivity contribution < 1.29 is 9.53 Å². The first-order chi connectivity index (χ1) is 12.6. The van der Waals surface area contributed by atoms with Gasteiger partial charge in [0.1, 0.15) is 5.82 Å². The van der Waals surface area contributed by atoms with Crippen molar-refractivity contribution in [1.29, 1.82) is 0 Å². The average molecular weight is 369 g/mol. The van der Waals surface area contributed by atoms with Crippen molar-refractivity contribution in [3.05, 3.63) is 71.4 Å². The Balaban J connectivity index is 1.69.